The Hall–Kier alpha value is -4.48. The molecule has 1 atom stereocenters. The zero-order valence-corrected chi connectivity index (χ0v) is 25.9. The minimum atomic E-state index is -4.01. The normalized spacial score (nSPS) is 13.6. The fourth-order valence-corrected chi connectivity index (χ4v) is 4.42. The highest BCUT2D eigenvalue weighted by atomic mass is 32.2. The largest absolute Gasteiger partial charge is 0.463 e. The highest BCUT2D eigenvalue weighted by molar-refractivity contribution is 7.93. The molecule has 0 spiro atoms. The van der Waals surface area contributed by atoms with Gasteiger partial charge < -0.3 is 25.3 Å². The van der Waals surface area contributed by atoms with E-state index in [4.69, 9.17) is 9.88 Å². The first kappa shape index (κ1) is 35.7. The van der Waals surface area contributed by atoms with Crippen molar-refractivity contribution >= 4 is 39.4 Å². The van der Waals surface area contributed by atoms with Crippen LogP contribution >= 0.6 is 0 Å². The van der Waals surface area contributed by atoms with Gasteiger partial charge in [-0.15, -0.1) is 0 Å². The molecular formula is C30H39N5O8S. The van der Waals surface area contributed by atoms with Gasteiger partial charge in [0.25, 0.3) is 11.5 Å². The van der Waals surface area contributed by atoms with Gasteiger partial charge in [0.2, 0.25) is 21.8 Å². The SMILES string of the molecule is CCOC(=O)/C=C/CC(CNC(=O)C1=CCC=C(S(N)(=O)=O)C#C1)CC(=O)Nc1cccn(CC(=O)NCCC(C)C)c1=O. The van der Waals surface area contributed by atoms with Crippen molar-refractivity contribution < 1.29 is 32.3 Å². The molecule has 238 valence electrons. The summed E-state index contributed by atoms with van der Waals surface area (Å²) in [5, 5.41) is 13.1. The van der Waals surface area contributed by atoms with Gasteiger partial charge in [0.05, 0.1) is 12.2 Å². The number of carbonyl (C=O) groups is 4. The number of hydrogen-bond donors (Lipinski definition) is 4. The maximum absolute atomic E-state index is 13.0. The lowest BCUT2D eigenvalue weighted by Crippen LogP contribution is -2.35. The number of aromatic nitrogens is 1. The molecule has 0 aromatic carbocycles. The van der Waals surface area contributed by atoms with Crippen LogP contribution in [0, 0.1) is 23.7 Å². The second kappa shape index (κ2) is 17.6. The van der Waals surface area contributed by atoms with Crippen LogP contribution in [-0.2, 0) is 40.5 Å². The topological polar surface area (TPSA) is 196 Å². The summed E-state index contributed by atoms with van der Waals surface area (Å²) in [4.78, 5) is 62.3. The van der Waals surface area contributed by atoms with Gasteiger partial charge in [0, 0.05) is 31.8 Å². The van der Waals surface area contributed by atoms with Crippen LogP contribution in [0.2, 0.25) is 0 Å². The molecule has 1 aromatic rings. The zero-order valence-electron chi connectivity index (χ0n) is 25.1. The number of esters is 1. The first-order chi connectivity index (χ1) is 20.8. The highest BCUT2D eigenvalue weighted by Gasteiger charge is 2.18. The Kier molecular flexibility index (Phi) is 14.3. The van der Waals surface area contributed by atoms with Gasteiger partial charge in [-0.05, 0) is 56.1 Å². The Labute approximate surface area is 257 Å². The maximum Gasteiger partial charge on any atom is 0.330 e. The molecule has 1 aliphatic rings. The molecule has 13 nitrogen and oxygen atoms in total. The molecule has 0 saturated heterocycles. The van der Waals surface area contributed by atoms with E-state index in [0.29, 0.717) is 12.5 Å². The zero-order chi connectivity index (χ0) is 32.7. The predicted octanol–water partition coefficient (Wildman–Crippen LogP) is 1.09. The van der Waals surface area contributed by atoms with Gasteiger partial charge in [-0.25, -0.2) is 18.4 Å². The van der Waals surface area contributed by atoms with Crippen molar-refractivity contribution in [2.45, 2.75) is 53.0 Å². The van der Waals surface area contributed by atoms with Crippen molar-refractivity contribution in [1.29, 1.82) is 0 Å². The van der Waals surface area contributed by atoms with Crippen LogP contribution in [0.3, 0.4) is 0 Å². The van der Waals surface area contributed by atoms with Crippen LogP contribution in [-0.4, -0.2) is 56.4 Å². The molecule has 14 heteroatoms. The molecule has 1 aromatic heterocycles. The third-order valence-electron chi connectivity index (χ3n) is 6.18. The summed E-state index contributed by atoms with van der Waals surface area (Å²) in [5.74, 6) is 2.78. The molecule has 5 N–H and O–H groups in total. The average molecular weight is 630 g/mol. The second-order valence-electron chi connectivity index (χ2n) is 10.3. The van der Waals surface area contributed by atoms with Gasteiger partial charge in [0.15, 0.2) is 0 Å². The summed E-state index contributed by atoms with van der Waals surface area (Å²) in [7, 11) is -4.01. The highest BCUT2D eigenvalue weighted by Crippen LogP contribution is 2.13. The van der Waals surface area contributed by atoms with Crippen LogP contribution in [0.15, 0.2) is 57.9 Å². The van der Waals surface area contributed by atoms with E-state index in [0.717, 1.165) is 6.42 Å². The predicted molar refractivity (Wildman–Crippen MR) is 165 cm³/mol. The van der Waals surface area contributed by atoms with E-state index in [-0.39, 0.29) is 61.0 Å². The van der Waals surface area contributed by atoms with E-state index in [1.165, 1.54) is 47.2 Å². The number of pyridine rings is 1. The Morgan fingerprint density at radius 3 is 2.57 bits per heavy atom. The number of ether oxygens (including phenoxy) is 1. The number of nitrogens with one attached hydrogen (secondary N) is 3. The fraction of sp³-hybridized carbons (Fsp3) is 0.433. The standard InChI is InChI=1S/C30H39N5O8S/c1-4-43-28(38)12-5-8-22(19-33-29(39)23-9-6-10-24(14-13-23)44(31,41)42)18-26(36)34-25-11-7-17-35(30(25)40)20-27(37)32-16-15-21(2)3/h5,7,9-12,17,21-22H,4,6,8,15-16,18-20H2,1-3H3,(H,32,37)(H,33,39)(H,34,36)(H2,31,41,42)/b12-5+. The fourth-order valence-electron chi connectivity index (χ4n) is 3.90. The molecule has 0 radical (unpaired) electrons. The number of nitrogens with two attached hydrogens (primary N) is 1. The Morgan fingerprint density at radius 2 is 1.89 bits per heavy atom. The van der Waals surface area contributed by atoms with E-state index in [2.05, 4.69) is 27.8 Å². The molecule has 0 saturated carbocycles. The smallest absolute Gasteiger partial charge is 0.330 e. The van der Waals surface area contributed by atoms with Gasteiger partial charge in [-0.1, -0.05) is 38.0 Å². The van der Waals surface area contributed by atoms with Crippen LogP contribution in [0.4, 0.5) is 5.69 Å². The molecular weight excluding hydrogens is 590 g/mol. The Balaban J connectivity index is 2.09. The lowest BCUT2D eigenvalue weighted by atomic mass is 10.00. The van der Waals surface area contributed by atoms with Crippen LogP contribution in [0.25, 0.3) is 0 Å². The molecule has 0 fully saturated rings. The van der Waals surface area contributed by atoms with E-state index >= 15 is 0 Å². The summed E-state index contributed by atoms with van der Waals surface area (Å²) >= 11 is 0. The van der Waals surface area contributed by atoms with E-state index in [1.54, 1.807) is 6.92 Å². The lowest BCUT2D eigenvalue weighted by molar-refractivity contribution is -0.137. The van der Waals surface area contributed by atoms with Crippen molar-refractivity contribution in [3.8, 4) is 11.8 Å². The number of allylic oxidation sites excluding steroid dienone is 4. The number of nitrogens with zero attached hydrogens (tertiary/aromatic N) is 1. The molecule has 0 bridgehead atoms. The number of sulfonamides is 1. The van der Waals surface area contributed by atoms with Gasteiger partial charge in [0.1, 0.15) is 17.1 Å². The van der Waals surface area contributed by atoms with Crippen molar-refractivity contribution in [3.63, 3.8) is 0 Å². The molecule has 0 aliphatic heterocycles. The maximum atomic E-state index is 13.0. The monoisotopic (exact) mass is 629 g/mol. The molecule has 44 heavy (non-hydrogen) atoms. The third-order valence-corrected chi connectivity index (χ3v) is 7.07. The summed E-state index contributed by atoms with van der Waals surface area (Å²) in [6.45, 7) is 6.20. The second-order valence-corrected chi connectivity index (χ2v) is 11.9. The van der Waals surface area contributed by atoms with Crippen LogP contribution in [0.1, 0.15) is 46.5 Å². The van der Waals surface area contributed by atoms with Crippen molar-refractivity contribution in [2.24, 2.45) is 17.0 Å². The van der Waals surface area contributed by atoms with Gasteiger partial charge in [-0.2, -0.15) is 0 Å². The molecule has 3 amide bonds. The van der Waals surface area contributed by atoms with Crippen molar-refractivity contribution in [3.05, 3.63) is 63.5 Å². The molecule has 1 unspecified atom stereocenters. The number of amides is 3. The molecule has 1 aliphatic carbocycles. The lowest BCUT2D eigenvalue weighted by Gasteiger charge is -2.16. The van der Waals surface area contributed by atoms with Crippen LogP contribution in [0.5, 0.6) is 0 Å². The van der Waals surface area contributed by atoms with Crippen molar-refractivity contribution in [1.82, 2.24) is 15.2 Å². The average Bonchev–Trinajstić information content (AvgIpc) is 3.20. The van der Waals surface area contributed by atoms with E-state index in [1.807, 2.05) is 13.8 Å². The summed E-state index contributed by atoms with van der Waals surface area (Å²) in [5.41, 5.74) is -0.545. The minimum Gasteiger partial charge on any atom is -0.463 e. The van der Waals surface area contributed by atoms with Crippen molar-refractivity contribution in [2.75, 3.05) is 25.0 Å². The number of primary sulfonamides is 1. The van der Waals surface area contributed by atoms with Gasteiger partial charge in [-0.3, -0.25) is 19.2 Å². The van der Waals surface area contributed by atoms with E-state index < -0.39 is 39.3 Å². The quantitative estimate of drug-likeness (QED) is 0.118. The van der Waals surface area contributed by atoms with E-state index in [9.17, 15) is 32.4 Å². The Morgan fingerprint density at radius 1 is 1.14 bits per heavy atom. The van der Waals surface area contributed by atoms with Crippen LogP contribution < -0.4 is 26.6 Å². The Bertz CT molecular complexity index is 1540. The molecule has 2 rings (SSSR count). The number of hydrogen-bond acceptors (Lipinski definition) is 8. The number of rotatable bonds is 16. The third kappa shape index (κ3) is 12.8. The summed E-state index contributed by atoms with van der Waals surface area (Å²) < 4.78 is 29.2. The summed E-state index contributed by atoms with van der Waals surface area (Å²) in [6, 6.07) is 2.96. The summed E-state index contributed by atoms with van der Waals surface area (Å²) in [6.07, 6.45) is 7.90. The number of anilines is 1. The molecule has 1 heterocycles. The minimum absolute atomic E-state index is 0.0104. The number of carbonyl (C=O) groups excluding carboxylic acids is 4. The first-order valence-corrected chi connectivity index (χ1v) is 15.7. The first-order valence-electron chi connectivity index (χ1n) is 14.1. The van der Waals surface area contributed by atoms with Gasteiger partial charge >= 0.3 is 5.97 Å².